The number of thiophene rings is 1. The Morgan fingerprint density at radius 3 is 2.58 bits per heavy atom. The van der Waals surface area contributed by atoms with Gasteiger partial charge in [0.15, 0.2) is 5.82 Å². The number of benzene rings is 1. The van der Waals surface area contributed by atoms with Crippen molar-refractivity contribution in [3.8, 4) is 0 Å². The van der Waals surface area contributed by atoms with Crippen LogP contribution in [0.3, 0.4) is 0 Å². The predicted molar refractivity (Wildman–Crippen MR) is 101 cm³/mol. The van der Waals surface area contributed by atoms with E-state index >= 15 is 0 Å². The topological polar surface area (TPSA) is 93.1 Å². The second-order valence-corrected chi connectivity index (χ2v) is 8.38. The van der Waals surface area contributed by atoms with Crippen LogP contribution in [0.5, 0.6) is 0 Å². The molecule has 7 nitrogen and oxygen atoms in total. The number of anilines is 1. The summed E-state index contributed by atoms with van der Waals surface area (Å²) in [7, 11) is -1.85. The highest BCUT2D eigenvalue weighted by molar-refractivity contribution is 7.89. The highest BCUT2D eigenvalue weighted by Crippen LogP contribution is 2.13. The summed E-state index contributed by atoms with van der Waals surface area (Å²) in [6, 6.07) is 11.4. The van der Waals surface area contributed by atoms with E-state index in [1.165, 1.54) is 24.3 Å². The summed E-state index contributed by atoms with van der Waals surface area (Å²) in [5.41, 5.74) is 0.355. The first-order valence-electron chi connectivity index (χ1n) is 7.87. The molecule has 0 radical (unpaired) electrons. The minimum Gasteiger partial charge on any atom is -0.305 e. The second kappa shape index (κ2) is 7.81. The molecule has 9 heteroatoms. The highest BCUT2D eigenvalue weighted by atomic mass is 32.2. The average Bonchev–Trinajstić information content (AvgIpc) is 3.27. The molecule has 0 saturated heterocycles. The fraction of sp³-hybridized carbons (Fsp3) is 0.176. The lowest BCUT2D eigenvalue weighted by atomic mass is 10.2. The van der Waals surface area contributed by atoms with Crippen molar-refractivity contribution in [2.75, 3.05) is 11.9 Å². The molecule has 0 bridgehead atoms. The monoisotopic (exact) mass is 390 g/mol. The van der Waals surface area contributed by atoms with Crippen molar-refractivity contribution in [3.05, 3.63) is 64.5 Å². The van der Waals surface area contributed by atoms with Gasteiger partial charge in [0, 0.05) is 36.3 Å². The van der Waals surface area contributed by atoms with Gasteiger partial charge in [0.25, 0.3) is 5.91 Å². The van der Waals surface area contributed by atoms with Gasteiger partial charge in [-0.2, -0.15) is 5.10 Å². The number of nitrogens with zero attached hydrogens (tertiary/aromatic N) is 2. The van der Waals surface area contributed by atoms with Gasteiger partial charge in [0.05, 0.1) is 4.90 Å². The van der Waals surface area contributed by atoms with Gasteiger partial charge < -0.3 is 5.32 Å². The van der Waals surface area contributed by atoms with Crippen LogP contribution >= 0.6 is 11.3 Å². The van der Waals surface area contributed by atoms with Crippen molar-refractivity contribution in [3.63, 3.8) is 0 Å². The maximum absolute atomic E-state index is 12.3. The molecule has 26 heavy (non-hydrogen) atoms. The van der Waals surface area contributed by atoms with E-state index in [1.54, 1.807) is 35.3 Å². The van der Waals surface area contributed by atoms with Gasteiger partial charge in [-0.25, -0.2) is 13.1 Å². The molecule has 3 aromatic rings. The van der Waals surface area contributed by atoms with E-state index in [0.717, 1.165) is 4.88 Å². The summed E-state index contributed by atoms with van der Waals surface area (Å²) in [5.74, 6) is 0.0859. The Morgan fingerprint density at radius 1 is 1.19 bits per heavy atom. The van der Waals surface area contributed by atoms with Crippen LogP contribution in [0.1, 0.15) is 15.2 Å². The first-order valence-corrected chi connectivity index (χ1v) is 10.2. The van der Waals surface area contributed by atoms with Crippen molar-refractivity contribution in [1.29, 1.82) is 0 Å². The number of carbonyl (C=O) groups excluding carboxylic acids is 1. The molecule has 2 N–H and O–H groups in total. The first kappa shape index (κ1) is 18.3. The van der Waals surface area contributed by atoms with Gasteiger partial charge >= 0.3 is 0 Å². The van der Waals surface area contributed by atoms with Crippen LogP contribution < -0.4 is 10.0 Å². The maximum atomic E-state index is 12.3. The zero-order valence-electron chi connectivity index (χ0n) is 14.0. The van der Waals surface area contributed by atoms with Crippen molar-refractivity contribution >= 4 is 33.1 Å². The average molecular weight is 390 g/mol. The molecule has 2 aromatic heterocycles. The fourth-order valence-corrected chi connectivity index (χ4v) is 4.04. The molecule has 0 unspecified atom stereocenters. The number of sulfonamides is 1. The van der Waals surface area contributed by atoms with Crippen molar-refractivity contribution in [2.24, 2.45) is 7.05 Å². The highest BCUT2D eigenvalue weighted by Gasteiger charge is 2.15. The summed E-state index contributed by atoms with van der Waals surface area (Å²) in [4.78, 5) is 13.4. The number of nitrogens with one attached hydrogen (secondary N) is 2. The second-order valence-electron chi connectivity index (χ2n) is 5.58. The van der Waals surface area contributed by atoms with E-state index in [1.807, 2.05) is 17.5 Å². The Morgan fingerprint density at radius 2 is 1.96 bits per heavy atom. The molecule has 136 valence electrons. The minimum absolute atomic E-state index is 0.123. The van der Waals surface area contributed by atoms with Crippen LogP contribution in [0, 0.1) is 0 Å². The van der Waals surface area contributed by atoms with Crippen LogP contribution in [0.25, 0.3) is 0 Å². The molecule has 0 aliphatic rings. The van der Waals surface area contributed by atoms with Gasteiger partial charge in [-0.05, 0) is 42.1 Å². The third kappa shape index (κ3) is 4.57. The molecule has 0 saturated carbocycles. The molecular weight excluding hydrogens is 372 g/mol. The Hall–Kier alpha value is -2.49. The van der Waals surface area contributed by atoms with Crippen LogP contribution in [0.2, 0.25) is 0 Å². The Balaban J connectivity index is 1.61. The van der Waals surface area contributed by atoms with Crippen LogP contribution in [0.4, 0.5) is 5.82 Å². The lowest BCUT2D eigenvalue weighted by Crippen LogP contribution is -2.26. The van der Waals surface area contributed by atoms with E-state index in [0.29, 0.717) is 24.3 Å². The van der Waals surface area contributed by atoms with Gasteiger partial charge in [0.1, 0.15) is 0 Å². The van der Waals surface area contributed by atoms with Crippen molar-refractivity contribution < 1.29 is 13.2 Å². The molecule has 1 amide bonds. The zero-order chi connectivity index (χ0) is 18.6. The molecular formula is C17H18N4O3S2. The third-order valence-corrected chi connectivity index (χ3v) is 6.04. The molecule has 2 heterocycles. The van der Waals surface area contributed by atoms with Crippen molar-refractivity contribution in [2.45, 2.75) is 11.3 Å². The number of hydrogen-bond acceptors (Lipinski definition) is 5. The van der Waals surface area contributed by atoms with E-state index in [9.17, 15) is 13.2 Å². The molecule has 0 spiro atoms. The Bertz CT molecular complexity index is 977. The smallest absolute Gasteiger partial charge is 0.256 e. The van der Waals surface area contributed by atoms with Crippen LogP contribution in [-0.4, -0.2) is 30.7 Å². The van der Waals surface area contributed by atoms with Gasteiger partial charge in [-0.1, -0.05) is 6.07 Å². The number of amides is 1. The summed E-state index contributed by atoms with van der Waals surface area (Å²) < 4.78 is 28.8. The summed E-state index contributed by atoms with van der Waals surface area (Å²) >= 11 is 1.59. The van der Waals surface area contributed by atoms with Crippen LogP contribution in [0.15, 0.2) is 58.9 Å². The lowest BCUT2D eigenvalue weighted by Gasteiger charge is -2.07. The number of carbonyl (C=O) groups is 1. The molecule has 0 fully saturated rings. The maximum Gasteiger partial charge on any atom is 0.256 e. The number of hydrogen-bond donors (Lipinski definition) is 2. The normalized spacial score (nSPS) is 11.4. The quantitative estimate of drug-likeness (QED) is 0.647. The van der Waals surface area contributed by atoms with E-state index < -0.39 is 10.0 Å². The van der Waals surface area contributed by atoms with Gasteiger partial charge in [-0.3, -0.25) is 9.48 Å². The zero-order valence-corrected chi connectivity index (χ0v) is 15.7. The minimum atomic E-state index is -3.60. The number of aromatic nitrogens is 2. The van der Waals surface area contributed by atoms with E-state index in [2.05, 4.69) is 15.1 Å². The Labute approximate surface area is 155 Å². The van der Waals surface area contributed by atoms with Gasteiger partial charge in [0.2, 0.25) is 10.0 Å². The van der Waals surface area contributed by atoms with Crippen molar-refractivity contribution in [1.82, 2.24) is 14.5 Å². The summed E-state index contributed by atoms with van der Waals surface area (Å²) in [5, 5.41) is 8.68. The van der Waals surface area contributed by atoms with Gasteiger partial charge in [-0.15, -0.1) is 11.3 Å². The first-order chi connectivity index (χ1) is 12.4. The fourth-order valence-electron chi connectivity index (χ4n) is 2.30. The molecule has 3 rings (SSSR count). The summed E-state index contributed by atoms with van der Waals surface area (Å²) in [6.07, 6.45) is 2.36. The number of rotatable bonds is 7. The third-order valence-electron chi connectivity index (χ3n) is 3.63. The lowest BCUT2D eigenvalue weighted by molar-refractivity contribution is 0.102. The Kier molecular flexibility index (Phi) is 5.50. The molecule has 0 atom stereocenters. The standard InChI is InChI=1S/C17H18N4O3S2/c1-21-11-9-16(20-21)19-17(22)13-4-6-15(7-5-13)26(23,24)18-10-8-14-3-2-12-25-14/h2-7,9,11-12,18H,8,10H2,1H3,(H,19,20,22). The largest absolute Gasteiger partial charge is 0.305 e. The molecule has 1 aromatic carbocycles. The summed E-state index contributed by atoms with van der Waals surface area (Å²) in [6.45, 7) is 0.324. The molecule has 0 aliphatic heterocycles. The van der Waals surface area contributed by atoms with E-state index in [4.69, 9.17) is 0 Å². The van der Waals surface area contributed by atoms with E-state index in [-0.39, 0.29) is 10.8 Å². The molecule has 0 aliphatic carbocycles. The van der Waals surface area contributed by atoms with Crippen LogP contribution in [-0.2, 0) is 23.5 Å². The predicted octanol–water partition coefficient (Wildman–Crippen LogP) is 2.25. The number of aryl methyl sites for hydroxylation is 1. The SMILES string of the molecule is Cn1ccc(NC(=O)c2ccc(S(=O)(=O)NCCc3cccs3)cc2)n1.